The van der Waals surface area contributed by atoms with Crippen LogP contribution < -0.4 is 5.32 Å². The van der Waals surface area contributed by atoms with Crippen LogP contribution in [0.2, 0.25) is 0 Å². The molecule has 0 aliphatic rings. The second-order valence-electron chi connectivity index (χ2n) is 5.48. The molecule has 0 aliphatic carbocycles. The quantitative estimate of drug-likeness (QED) is 0.813. The molecular weight excluding hydrogens is 340 g/mol. The molecule has 0 radical (unpaired) electrons. The highest BCUT2D eigenvalue weighted by Crippen LogP contribution is 2.09. The summed E-state index contributed by atoms with van der Waals surface area (Å²) in [4.78, 5) is 27.0. The second-order valence-corrected chi connectivity index (χ2v) is 6.39. The fourth-order valence-corrected chi connectivity index (χ4v) is 1.72. The summed E-state index contributed by atoms with van der Waals surface area (Å²) in [5.41, 5.74) is -0.179. The van der Waals surface area contributed by atoms with Crippen molar-refractivity contribution in [2.24, 2.45) is 0 Å². The molecule has 7 heteroatoms. The van der Waals surface area contributed by atoms with E-state index in [1.807, 2.05) is 20.8 Å². The molecule has 1 rings (SSSR count). The Morgan fingerprint density at radius 1 is 1.43 bits per heavy atom. The van der Waals surface area contributed by atoms with Crippen molar-refractivity contribution in [3.63, 3.8) is 0 Å². The lowest BCUT2D eigenvalue weighted by Gasteiger charge is -2.21. The maximum Gasteiger partial charge on any atom is 0.326 e. The molecule has 0 saturated heterocycles. The number of halogens is 1. The summed E-state index contributed by atoms with van der Waals surface area (Å²) in [6.07, 6.45) is 1.67. The van der Waals surface area contributed by atoms with E-state index >= 15 is 0 Å². The van der Waals surface area contributed by atoms with Crippen LogP contribution in [0.4, 0.5) is 0 Å². The summed E-state index contributed by atoms with van der Waals surface area (Å²) in [6, 6.07) is 2.18. The molecule has 1 amide bonds. The molecule has 0 fully saturated rings. The van der Waals surface area contributed by atoms with Gasteiger partial charge < -0.3 is 15.2 Å². The van der Waals surface area contributed by atoms with Gasteiger partial charge in [-0.2, -0.15) is 0 Å². The fourth-order valence-electron chi connectivity index (χ4n) is 1.48. The topological polar surface area (TPSA) is 88.5 Å². The number of carbonyl (C=O) groups is 2. The van der Waals surface area contributed by atoms with E-state index in [0.29, 0.717) is 0 Å². The minimum Gasteiger partial charge on any atom is -0.480 e. The Bertz CT molecular complexity index is 497. The van der Waals surface area contributed by atoms with Crippen LogP contribution in [0.3, 0.4) is 0 Å². The van der Waals surface area contributed by atoms with Gasteiger partial charge in [0, 0.05) is 23.7 Å². The molecule has 1 atom stereocenters. The largest absolute Gasteiger partial charge is 0.480 e. The highest BCUT2D eigenvalue weighted by atomic mass is 79.9. The monoisotopic (exact) mass is 358 g/mol. The summed E-state index contributed by atoms with van der Waals surface area (Å²) >= 11 is 3.22. The zero-order valence-corrected chi connectivity index (χ0v) is 13.8. The molecule has 1 unspecified atom stereocenters. The van der Waals surface area contributed by atoms with Crippen LogP contribution in [0.25, 0.3) is 0 Å². The minimum atomic E-state index is -1.10. The number of amides is 1. The zero-order chi connectivity index (χ0) is 16.0. The number of hydrogen-bond donors (Lipinski definition) is 2. The maximum atomic E-state index is 11.9. The number of hydrogen-bond acceptors (Lipinski definition) is 4. The number of carboxylic acid groups (broad SMARTS) is 1. The van der Waals surface area contributed by atoms with Crippen molar-refractivity contribution in [1.29, 1.82) is 0 Å². The van der Waals surface area contributed by atoms with E-state index in [0.717, 1.165) is 4.47 Å². The summed E-state index contributed by atoms with van der Waals surface area (Å²) in [7, 11) is 0. The van der Waals surface area contributed by atoms with E-state index in [2.05, 4.69) is 26.2 Å². The number of ether oxygens (including phenoxy) is 1. The second kappa shape index (κ2) is 7.51. The Morgan fingerprint density at radius 2 is 2.10 bits per heavy atom. The fraction of sp³-hybridized carbons (Fsp3) is 0.500. The first-order valence-corrected chi connectivity index (χ1v) is 7.27. The molecule has 0 aliphatic heterocycles. The third kappa shape index (κ3) is 6.68. The van der Waals surface area contributed by atoms with Crippen LogP contribution in [-0.2, 0) is 9.53 Å². The Labute approximate surface area is 132 Å². The van der Waals surface area contributed by atoms with Crippen molar-refractivity contribution in [2.75, 3.05) is 6.61 Å². The smallest absolute Gasteiger partial charge is 0.326 e. The first-order valence-electron chi connectivity index (χ1n) is 6.48. The van der Waals surface area contributed by atoms with Crippen molar-refractivity contribution in [2.45, 2.75) is 38.8 Å². The van der Waals surface area contributed by atoms with Gasteiger partial charge in [-0.05, 0) is 48.8 Å². The van der Waals surface area contributed by atoms with Crippen molar-refractivity contribution in [3.05, 3.63) is 28.5 Å². The van der Waals surface area contributed by atoms with Crippen molar-refractivity contribution in [3.8, 4) is 0 Å². The van der Waals surface area contributed by atoms with Crippen LogP contribution in [0, 0.1) is 0 Å². The third-order valence-electron chi connectivity index (χ3n) is 2.51. The van der Waals surface area contributed by atoms with E-state index in [9.17, 15) is 9.59 Å². The lowest BCUT2D eigenvalue weighted by molar-refractivity contribution is -0.140. The summed E-state index contributed by atoms with van der Waals surface area (Å²) in [6.45, 7) is 5.89. The van der Waals surface area contributed by atoms with Crippen molar-refractivity contribution in [1.82, 2.24) is 10.3 Å². The number of rotatable bonds is 6. The molecule has 1 heterocycles. The van der Waals surface area contributed by atoms with Gasteiger partial charge in [0.05, 0.1) is 5.60 Å². The van der Waals surface area contributed by atoms with E-state index in [1.165, 1.54) is 12.3 Å². The number of nitrogens with one attached hydrogen (secondary N) is 1. The van der Waals surface area contributed by atoms with Gasteiger partial charge in [-0.3, -0.25) is 4.79 Å². The lowest BCUT2D eigenvalue weighted by Crippen LogP contribution is -2.42. The standard InChI is InChI=1S/C14H19BrN2O4/c1-14(2,3)21-7-6-11(13(19)20)17-12(18)10-5-4-9(15)8-16-10/h4-5,8,11H,6-7H2,1-3H3,(H,17,18)(H,19,20). The number of carboxylic acids is 1. The van der Waals surface area contributed by atoms with Crippen LogP contribution in [0.5, 0.6) is 0 Å². The van der Waals surface area contributed by atoms with Gasteiger partial charge in [-0.15, -0.1) is 0 Å². The van der Waals surface area contributed by atoms with E-state index < -0.39 is 17.9 Å². The predicted octanol–water partition coefficient (Wildman–Crippen LogP) is 2.23. The number of aromatic nitrogens is 1. The first-order chi connectivity index (χ1) is 9.69. The maximum absolute atomic E-state index is 11.9. The molecule has 21 heavy (non-hydrogen) atoms. The van der Waals surface area contributed by atoms with Gasteiger partial charge in [-0.25, -0.2) is 9.78 Å². The normalized spacial score (nSPS) is 12.8. The average Bonchev–Trinajstić information content (AvgIpc) is 2.36. The number of pyridine rings is 1. The Kier molecular flexibility index (Phi) is 6.29. The van der Waals surface area contributed by atoms with Crippen molar-refractivity contribution >= 4 is 27.8 Å². The minimum absolute atomic E-state index is 0.168. The zero-order valence-electron chi connectivity index (χ0n) is 12.2. The van der Waals surface area contributed by atoms with Crippen LogP contribution >= 0.6 is 15.9 Å². The summed E-state index contributed by atoms with van der Waals surface area (Å²) < 4.78 is 6.22. The van der Waals surface area contributed by atoms with Crippen molar-refractivity contribution < 1.29 is 19.4 Å². The molecule has 0 saturated carbocycles. The molecule has 0 aromatic carbocycles. The third-order valence-corrected chi connectivity index (χ3v) is 2.97. The van der Waals surface area contributed by atoms with E-state index in [4.69, 9.17) is 9.84 Å². The number of aliphatic carboxylic acids is 1. The predicted molar refractivity (Wildman–Crippen MR) is 81.1 cm³/mol. The molecular formula is C14H19BrN2O4. The Morgan fingerprint density at radius 3 is 2.57 bits per heavy atom. The van der Waals surface area contributed by atoms with Gasteiger partial charge in [0.15, 0.2) is 0 Å². The SMILES string of the molecule is CC(C)(C)OCCC(NC(=O)c1ccc(Br)cn1)C(=O)O. The number of nitrogens with zero attached hydrogens (tertiary/aromatic N) is 1. The van der Waals surface area contributed by atoms with Gasteiger partial charge in [0.25, 0.3) is 5.91 Å². The average molecular weight is 359 g/mol. The Hall–Kier alpha value is -1.47. The van der Waals surface area contributed by atoms with E-state index in [1.54, 1.807) is 6.07 Å². The molecule has 0 spiro atoms. The molecule has 1 aromatic rings. The van der Waals surface area contributed by atoms with Gasteiger partial charge in [-0.1, -0.05) is 0 Å². The van der Waals surface area contributed by atoms with Gasteiger partial charge >= 0.3 is 5.97 Å². The van der Waals surface area contributed by atoms with Gasteiger partial charge in [0.1, 0.15) is 11.7 Å². The molecule has 1 aromatic heterocycles. The molecule has 0 bridgehead atoms. The summed E-state index contributed by atoms with van der Waals surface area (Å²) in [5.74, 6) is -1.62. The first kappa shape index (κ1) is 17.6. The summed E-state index contributed by atoms with van der Waals surface area (Å²) in [5, 5.41) is 11.6. The molecule has 6 nitrogen and oxygen atoms in total. The number of carbonyl (C=O) groups excluding carboxylic acids is 1. The molecule has 2 N–H and O–H groups in total. The van der Waals surface area contributed by atoms with Crippen LogP contribution in [0.1, 0.15) is 37.7 Å². The van der Waals surface area contributed by atoms with Crippen LogP contribution in [-0.4, -0.2) is 40.2 Å². The van der Waals surface area contributed by atoms with E-state index in [-0.39, 0.29) is 24.3 Å². The highest BCUT2D eigenvalue weighted by molar-refractivity contribution is 9.10. The lowest BCUT2D eigenvalue weighted by atomic mass is 10.1. The molecule has 116 valence electrons. The van der Waals surface area contributed by atoms with Crippen LogP contribution in [0.15, 0.2) is 22.8 Å². The van der Waals surface area contributed by atoms with Gasteiger partial charge in [0.2, 0.25) is 0 Å². The Balaban J connectivity index is 2.59. The highest BCUT2D eigenvalue weighted by Gasteiger charge is 2.22.